The molecule has 0 saturated heterocycles. The third kappa shape index (κ3) is 2.38. The van der Waals surface area contributed by atoms with Gasteiger partial charge in [-0.1, -0.05) is 6.92 Å². The van der Waals surface area contributed by atoms with Gasteiger partial charge in [-0.3, -0.25) is 0 Å². The Bertz CT molecular complexity index is 269. The summed E-state index contributed by atoms with van der Waals surface area (Å²) < 4.78 is 5.46. The second-order valence-corrected chi connectivity index (χ2v) is 3.25. The highest BCUT2D eigenvalue weighted by atomic mass is 16.5. The molecular formula is C11H16O2. The molecule has 2 nitrogen and oxygen atoms in total. The highest BCUT2D eigenvalue weighted by Gasteiger charge is 2.03. The Labute approximate surface area is 79.2 Å². The zero-order valence-corrected chi connectivity index (χ0v) is 8.42. The van der Waals surface area contributed by atoms with Crippen molar-refractivity contribution >= 4 is 0 Å². The average molecular weight is 180 g/mol. The molecule has 0 unspecified atom stereocenters. The lowest BCUT2D eigenvalue weighted by Crippen LogP contribution is -1.95. The van der Waals surface area contributed by atoms with Crippen molar-refractivity contribution < 1.29 is 9.84 Å². The lowest BCUT2D eigenvalue weighted by Gasteiger charge is -2.08. The molecule has 0 bridgehead atoms. The van der Waals surface area contributed by atoms with E-state index in [2.05, 4.69) is 6.92 Å². The van der Waals surface area contributed by atoms with Crippen LogP contribution in [0.1, 0.15) is 24.5 Å². The molecule has 0 radical (unpaired) electrons. The fraction of sp³-hybridized carbons (Fsp3) is 0.455. The Hall–Kier alpha value is -1.18. The maximum Gasteiger partial charge on any atom is 0.121 e. The molecule has 0 spiro atoms. The monoisotopic (exact) mass is 180 g/mol. The minimum Gasteiger partial charge on any atom is -0.507 e. The van der Waals surface area contributed by atoms with Crippen molar-refractivity contribution in [2.24, 2.45) is 0 Å². The first kappa shape index (κ1) is 9.90. The Kier molecular flexibility index (Phi) is 3.18. The molecule has 0 aliphatic carbocycles. The maximum atomic E-state index is 9.50. The Morgan fingerprint density at radius 1 is 1.23 bits per heavy atom. The number of ether oxygens (including phenoxy) is 1. The number of hydrogen-bond acceptors (Lipinski definition) is 2. The molecule has 0 fully saturated rings. The standard InChI is InChI=1S/C11H16O2/c1-4-5-13-10-6-8(2)11(12)9(3)7-10/h6-7,12H,4-5H2,1-3H3. The van der Waals surface area contributed by atoms with E-state index in [0.29, 0.717) is 5.75 Å². The summed E-state index contributed by atoms with van der Waals surface area (Å²) in [5, 5.41) is 9.50. The highest BCUT2D eigenvalue weighted by Crippen LogP contribution is 2.26. The Morgan fingerprint density at radius 3 is 2.23 bits per heavy atom. The summed E-state index contributed by atoms with van der Waals surface area (Å²) in [5.41, 5.74) is 1.73. The first-order chi connectivity index (χ1) is 6.15. The Balaban J connectivity index is 2.86. The predicted molar refractivity (Wildman–Crippen MR) is 53.4 cm³/mol. The minimum absolute atomic E-state index is 0.365. The number of benzene rings is 1. The molecule has 0 atom stereocenters. The normalized spacial score (nSPS) is 10.1. The fourth-order valence-corrected chi connectivity index (χ4v) is 1.22. The van der Waals surface area contributed by atoms with Crippen LogP contribution in [0.15, 0.2) is 12.1 Å². The van der Waals surface area contributed by atoms with Gasteiger partial charge in [0.15, 0.2) is 0 Å². The van der Waals surface area contributed by atoms with Gasteiger partial charge in [-0.15, -0.1) is 0 Å². The minimum atomic E-state index is 0.365. The van der Waals surface area contributed by atoms with E-state index in [1.807, 2.05) is 26.0 Å². The quantitative estimate of drug-likeness (QED) is 0.775. The van der Waals surface area contributed by atoms with Gasteiger partial charge >= 0.3 is 0 Å². The first-order valence-corrected chi connectivity index (χ1v) is 4.58. The molecule has 2 heteroatoms. The van der Waals surface area contributed by atoms with E-state index in [4.69, 9.17) is 4.74 Å². The zero-order valence-electron chi connectivity index (χ0n) is 8.42. The van der Waals surface area contributed by atoms with Crippen LogP contribution < -0.4 is 4.74 Å². The molecule has 0 aliphatic heterocycles. The summed E-state index contributed by atoms with van der Waals surface area (Å²) in [6.07, 6.45) is 0.999. The lowest BCUT2D eigenvalue weighted by atomic mass is 10.1. The molecule has 0 saturated carbocycles. The topological polar surface area (TPSA) is 29.5 Å². The van der Waals surface area contributed by atoms with Gasteiger partial charge in [-0.05, 0) is 43.5 Å². The number of phenols is 1. The number of aromatic hydroxyl groups is 1. The molecule has 1 aromatic carbocycles. The van der Waals surface area contributed by atoms with E-state index in [1.165, 1.54) is 0 Å². The van der Waals surface area contributed by atoms with Crippen LogP contribution in [-0.4, -0.2) is 11.7 Å². The largest absolute Gasteiger partial charge is 0.507 e. The van der Waals surface area contributed by atoms with Crippen molar-refractivity contribution in [2.45, 2.75) is 27.2 Å². The van der Waals surface area contributed by atoms with Crippen LogP contribution in [0.25, 0.3) is 0 Å². The summed E-state index contributed by atoms with van der Waals surface area (Å²) in [7, 11) is 0. The van der Waals surface area contributed by atoms with E-state index in [0.717, 1.165) is 29.9 Å². The van der Waals surface area contributed by atoms with Gasteiger partial charge in [-0.2, -0.15) is 0 Å². The molecule has 13 heavy (non-hydrogen) atoms. The summed E-state index contributed by atoms with van der Waals surface area (Å²) in [5.74, 6) is 1.21. The summed E-state index contributed by atoms with van der Waals surface area (Å²) >= 11 is 0. The third-order valence-corrected chi connectivity index (χ3v) is 1.94. The van der Waals surface area contributed by atoms with Crippen LogP contribution in [0.2, 0.25) is 0 Å². The predicted octanol–water partition coefficient (Wildman–Crippen LogP) is 2.80. The molecule has 1 aromatic rings. The van der Waals surface area contributed by atoms with E-state index in [9.17, 15) is 5.11 Å². The van der Waals surface area contributed by atoms with Crippen LogP contribution in [-0.2, 0) is 0 Å². The van der Waals surface area contributed by atoms with Crippen molar-refractivity contribution in [1.29, 1.82) is 0 Å². The van der Waals surface area contributed by atoms with Gasteiger partial charge < -0.3 is 9.84 Å². The maximum absolute atomic E-state index is 9.50. The number of phenolic OH excluding ortho intramolecular Hbond substituents is 1. The molecule has 0 heterocycles. The second-order valence-electron chi connectivity index (χ2n) is 3.25. The molecular weight excluding hydrogens is 164 g/mol. The molecule has 1 rings (SSSR count). The van der Waals surface area contributed by atoms with Crippen LogP contribution in [0.4, 0.5) is 0 Å². The second kappa shape index (κ2) is 4.17. The molecule has 0 amide bonds. The first-order valence-electron chi connectivity index (χ1n) is 4.58. The summed E-state index contributed by atoms with van der Waals surface area (Å²) in [6.45, 7) is 6.55. The lowest BCUT2D eigenvalue weighted by molar-refractivity contribution is 0.316. The van der Waals surface area contributed by atoms with E-state index in [-0.39, 0.29) is 0 Å². The Morgan fingerprint density at radius 2 is 1.77 bits per heavy atom. The van der Waals surface area contributed by atoms with Gasteiger partial charge in [0.2, 0.25) is 0 Å². The number of rotatable bonds is 3. The molecule has 0 aromatic heterocycles. The average Bonchev–Trinajstić information content (AvgIpc) is 2.10. The van der Waals surface area contributed by atoms with Gasteiger partial charge in [0.05, 0.1) is 6.61 Å². The van der Waals surface area contributed by atoms with Crippen molar-refractivity contribution in [3.05, 3.63) is 23.3 Å². The van der Waals surface area contributed by atoms with Crippen LogP contribution in [0.3, 0.4) is 0 Å². The van der Waals surface area contributed by atoms with Crippen molar-refractivity contribution in [1.82, 2.24) is 0 Å². The van der Waals surface area contributed by atoms with Gasteiger partial charge in [0.1, 0.15) is 11.5 Å². The molecule has 0 aliphatic rings. The van der Waals surface area contributed by atoms with Crippen molar-refractivity contribution in [3.8, 4) is 11.5 Å². The van der Waals surface area contributed by atoms with Crippen LogP contribution in [0, 0.1) is 13.8 Å². The number of hydrogen-bond donors (Lipinski definition) is 1. The third-order valence-electron chi connectivity index (χ3n) is 1.94. The highest BCUT2D eigenvalue weighted by molar-refractivity contribution is 5.44. The van der Waals surface area contributed by atoms with Gasteiger partial charge in [-0.25, -0.2) is 0 Å². The van der Waals surface area contributed by atoms with Gasteiger partial charge in [0.25, 0.3) is 0 Å². The van der Waals surface area contributed by atoms with E-state index < -0.39 is 0 Å². The smallest absolute Gasteiger partial charge is 0.121 e. The fourth-order valence-electron chi connectivity index (χ4n) is 1.22. The van der Waals surface area contributed by atoms with E-state index >= 15 is 0 Å². The van der Waals surface area contributed by atoms with Crippen LogP contribution in [0.5, 0.6) is 11.5 Å². The van der Waals surface area contributed by atoms with Crippen LogP contribution >= 0.6 is 0 Å². The SMILES string of the molecule is CCCOc1cc(C)c(O)c(C)c1. The van der Waals surface area contributed by atoms with Crippen molar-refractivity contribution in [2.75, 3.05) is 6.61 Å². The summed E-state index contributed by atoms with van der Waals surface area (Å²) in [6, 6.07) is 3.72. The zero-order chi connectivity index (χ0) is 9.84. The van der Waals surface area contributed by atoms with Crippen molar-refractivity contribution in [3.63, 3.8) is 0 Å². The molecule has 72 valence electrons. The molecule has 1 N–H and O–H groups in total. The summed E-state index contributed by atoms with van der Waals surface area (Å²) in [4.78, 5) is 0. The number of aryl methyl sites for hydroxylation is 2. The van der Waals surface area contributed by atoms with E-state index in [1.54, 1.807) is 0 Å². The van der Waals surface area contributed by atoms with Gasteiger partial charge in [0, 0.05) is 0 Å².